The second-order valence-corrected chi connectivity index (χ2v) is 4.11. The molecule has 0 radical (unpaired) electrons. The largest absolute Gasteiger partial charge is 0.480 e. The Balaban J connectivity index is 1.92. The van der Waals surface area contributed by atoms with Crippen LogP contribution in [0.15, 0.2) is 12.4 Å². The summed E-state index contributed by atoms with van der Waals surface area (Å²) in [5.74, 6) is 0.657. The summed E-state index contributed by atoms with van der Waals surface area (Å²) in [6.07, 6.45) is 1.53. The van der Waals surface area contributed by atoms with Crippen LogP contribution in [0.2, 0.25) is 0 Å². The molecule has 0 spiro atoms. The van der Waals surface area contributed by atoms with Gasteiger partial charge in [-0.3, -0.25) is 0 Å². The minimum atomic E-state index is 0.657. The van der Waals surface area contributed by atoms with E-state index in [0.717, 1.165) is 10.0 Å². The third-order valence-electron chi connectivity index (χ3n) is 1.52. The number of methoxy groups -OCH3 is 1. The summed E-state index contributed by atoms with van der Waals surface area (Å²) in [6, 6.07) is 1.90. The zero-order chi connectivity index (χ0) is 9.80. The molecular weight excluding hydrogens is 220 g/mol. The van der Waals surface area contributed by atoms with Crippen LogP contribution in [-0.2, 0) is 6.54 Å². The van der Waals surface area contributed by atoms with Crippen LogP contribution in [0.3, 0.4) is 0 Å². The van der Waals surface area contributed by atoms with Gasteiger partial charge in [0.1, 0.15) is 6.33 Å². The molecule has 0 atom stereocenters. The Morgan fingerprint density at radius 2 is 2.43 bits per heavy atom. The standard InChI is InChI=1S/C7H8N4OS2/c1-12-6-2-5(13-11-6)3-8-7-9-4-10-14-7/h2,4H,3H2,1H3,(H,8,9,10). The van der Waals surface area contributed by atoms with E-state index >= 15 is 0 Å². The zero-order valence-corrected chi connectivity index (χ0v) is 9.06. The molecule has 0 bridgehead atoms. The van der Waals surface area contributed by atoms with Crippen molar-refractivity contribution in [3.8, 4) is 5.88 Å². The van der Waals surface area contributed by atoms with E-state index in [1.54, 1.807) is 7.11 Å². The summed E-state index contributed by atoms with van der Waals surface area (Å²) >= 11 is 2.75. The lowest BCUT2D eigenvalue weighted by Gasteiger charge is -1.96. The maximum Gasteiger partial charge on any atom is 0.225 e. The Bertz CT molecular complexity index is 386. The second kappa shape index (κ2) is 4.34. The highest BCUT2D eigenvalue weighted by Crippen LogP contribution is 2.17. The maximum absolute atomic E-state index is 4.98. The van der Waals surface area contributed by atoms with Gasteiger partial charge in [-0.25, -0.2) is 4.98 Å². The number of nitrogens with one attached hydrogen (secondary N) is 1. The van der Waals surface area contributed by atoms with Gasteiger partial charge in [0.25, 0.3) is 0 Å². The van der Waals surface area contributed by atoms with E-state index < -0.39 is 0 Å². The predicted octanol–water partition coefficient (Wildman–Crippen LogP) is 1.62. The fourth-order valence-electron chi connectivity index (χ4n) is 0.887. The molecule has 1 N–H and O–H groups in total. The van der Waals surface area contributed by atoms with Gasteiger partial charge in [0.2, 0.25) is 11.0 Å². The lowest BCUT2D eigenvalue weighted by Crippen LogP contribution is -1.95. The van der Waals surface area contributed by atoms with E-state index in [4.69, 9.17) is 4.74 Å². The fourth-order valence-corrected chi connectivity index (χ4v) is 1.94. The topological polar surface area (TPSA) is 59.9 Å². The number of ether oxygens (including phenoxy) is 1. The minimum Gasteiger partial charge on any atom is -0.480 e. The minimum absolute atomic E-state index is 0.657. The Morgan fingerprint density at radius 3 is 3.07 bits per heavy atom. The molecule has 2 heterocycles. The molecule has 0 fully saturated rings. The van der Waals surface area contributed by atoms with E-state index in [9.17, 15) is 0 Å². The predicted molar refractivity (Wildman–Crippen MR) is 55.9 cm³/mol. The van der Waals surface area contributed by atoms with Crippen molar-refractivity contribution >= 4 is 28.2 Å². The van der Waals surface area contributed by atoms with Crippen LogP contribution in [-0.4, -0.2) is 20.8 Å². The van der Waals surface area contributed by atoms with Gasteiger partial charge < -0.3 is 10.1 Å². The molecule has 0 saturated carbocycles. The van der Waals surface area contributed by atoms with E-state index in [0.29, 0.717) is 12.4 Å². The zero-order valence-electron chi connectivity index (χ0n) is 7.43. The lowest BCUT2D eigenvalue weighted by molar-refractivity contribution is 0.402. The van der Waals surface area contributed by atoms with E-state index in [2.05, 4.69) is 19.0 Å². The first-order chi connectivity index (χ1) is 6.88. The van der Waals surface area contributed by atoms with Crippen LogP contribution in [0.5, 0.6) is 5.88 Å². The summed E-state index contributed by atoms with van der Waals surface area (Å²) in [5.41, 5.74) is 0. The number of anilines is 1. The lowest BCUT2D eigenvalue weighted by atomic mass is 10.5. The van der Waals surface area contributed by atoms with Gasteiger partial charge in [0.15, 0.2) is 0 Å². The monoisotopic (exact) mass is 228 g/mol. The molecule has 2 aromatic heterocycles. The van der Waals surface area contributed by atoms with Crippen LogP contribution in [0.4, 0.5) is 5.13 Å². The van der Waals surface area contributed by atoms with Crippen molar-refractivity contribution in [3.05, 3.63) is 17.3 Å². The van der Waals surface area contributed by atoms with Crippen molar-refractivity contribution in [2.45, 2.75) is 6.54 Å². The molecule has 0 aliphatic heterocycles. The number of aromatic nitrogens is 3. The highest BCUT2D eigenvalue weighted by molar-refractivity contribution is 7.09. The number of hydrogen-bond acceptors (Lipinski definition) is 7. The maximum atomic E-state index is 4.98. The third kappa shape index (κ3) is 2.18. The fraction of sp³-hybridized carbons (Fsp3) is 0.286. The van der Waals surface area contributed by atoms with Crippen LogP contribution in [0.1, 0.15) is 4.88 Å². The molecular formula is C7H8N4OS2. The van der Waals surface area contributed by atoms with Gasteiger partial charge in [-0.1, -0.05) is 0 Å². The summed E-state index contributed by atoms with van der Waals surface area (Å²) in [4.78, 5) is 5.12. The number of rotatable bonds is 4. The van der Waals surface area contributed by atoms with Crippen molar-refractivity contribution in [3.63, 3.8) is 0 Å². The molecule has 0 aliphatic carbocycles. The van der Waals surface area contributed by atoms with E-state index in [1.807, 2.05) is 6.07 Å². The number of nitrogens with zero attached hydrogens (tertiary/aromatic N) is 3. The van der Waals surface area contributed by atoms with Crippen molar-refractivity contribution < 1.29 is 4.74 Å². The molecule has 7 heteroatoms. The highest BCUT2D eigenvalue weighted by atomic mass is 32.1. The first-order valence-electron chi connectivity index (χ1n) is 3.88. The summed E-state index contributed by atoms with van der Waals surface area (Å²) in [5, 5.41) is 3.96. The molecule has 0 aliphatic rings. The molecule has 0 amide bonds. The molecule has 74 valence electrons. The van der Waals surface area contributed by atoms with Gasteiger partial charge >= 0.3 is 0 Å². The average Bonchev–Trinajstić information content (AvgIpc) is 2.86. The van der Waals surface area contributed by atoms with Crippen LogP contribution >= 0.6 is 23.1 Å². The Labute approximate surface area is 89.1 Å². The molecule has 2 rings (SSSR count). The first kappa shape index (κ1) is 9.35. The van der Waals surface area contributed by atoms with Gasteiger partial charge in [-0.2, -0.15) is 8.75 Å². The molecule has 5 nitrogen and oxygen atoms in total. The molecule has 0 aromatic carbocycles. The average molecular weight is 228 g/mol. The summed E-state index contributed by atoms with van der Waals surface area (Å²) in [7, 11) is 1.61. The van der Waals surface area contributed by atoms with E-state index in [1.165, 1.54) is 29.4 Å². The third-order valence-corrected chi connectivity index (χ3v) is 2.91. The van der Waals surface area contributed by atoms with Crippen molar-refractivity contribution in [2.75, 3.05) is 12.4 Å². The molecule has 14 heavy (non-hydrogen) atoms. The summed E-state index contributed by atoms with van der Waals surface area (Å²) in [6.45, 7) is 0.705. The normalized spacial score (nSPS) is 10.1. The van der Waals surface area contributed by atoms with E-state index in [-0.39, 0.29) is 0 Å². The van der Waals surface area contributed by atoms with Gasteiger partial charge in [0, 0.05) is 22.5 Å². The van der Waals surface area contributed by atoms with Gasteiger partial charge in [-0.05, 0) is 11.5 Å². The van der Waals surface area contributed by atoms with Crippen molar-refractivity contribution in [1.29, 1.82) is 0 Å². The summed E-state index contributed by atoms with van der Waals surface area (Å²) < 4.78 is 12.9. The first-order valence-corrected chi connectivity index (χ1v) is 5.43. The second-order valence-electron chi connectivity index (χ2n) is 2.44. The SMILES string of the molecule is COc1cc(CNc2ncns2)sn1. The quantitative estimate of drug-likeness (QED) is 0.861. The van der Waals surface area contributed by atoms with Crippen molar-refractivity contribution in [2.24, 2.45) is 0 Å². The smallest absolute Gasteiger partial charge is 0.225 e. The Kier molecular flexibility index (Phi) is 2.90. The number of hydrogen-bond donors (Lipinski definition) is 1. The van der Waals surface area contributed by atoms with Gasteiger partial charge in [0.05, 0.1) is 13.7 Å². The molecule has 0 saturated heterocycles. The van der Waals surface area contributed by atoms with Crippen LogP contribution < -0.4 is 10.1 Å². The molecule has 2 aromatic rings. The Hall–Kier alpha value is -1.21. The van der Waals surface area contributed by atoms with Gasteiger partial charge in [-0.15, -0.1) is 0 Å². The highest BCUT2D eigenvalue weighted by Gasteiger charge is 2.02. The Morgan fingerprint density at radius 1 is 1.50 bits per heavy atom. The molecule has 0 unspecified atom stereocenters. The van der Waals surface area contributed by atoms with Crippen LogP contribution in [0.25, 0.3) is 0 Å². The van der Waals surface area contributed by atoms with Crippen LogP contribution in [0, 0.1) is 0 Å². The van der Waals surface area contributed by atoms with Crippen molar-refractivity contribution in [1.82, 2.24) is 13.7 Å².